The SMILES string of the molecule is Cc1ccc(C(=O)N(CCc2cccs2)Cc2cccnc2)cc1[N+](=O)[O-]. The zero-order valence-corrected chi connectivity index (χ0v) is 15.7. The van der Waals surface area contributed by atoms with E-state index in [1.165, 1.54) is 10.9 Å². The molecule has 3 aromatic rings. The van der Waals surface area contributed by atoms with Crippen molar-refractivity contribution >= 4 is 22.9 Å². The van der Waals surface area contributed by atoms with Crippen LogP contribution in [0.25, 0.3) is 0 Å². The fourth-order valence-electron chi connectivity index (χ4n) is 2.79. The number of amides is 1. The predicted octanol–water partition coefficient (Wildman–Crippen LogP) is 4.24. The van der Waals surface area contributed by atoms with Crippen LogP contribution in [0.2, 0.25) is 0 Å². The lowest BCUT2D eigenvalue weighted by atomic mass is 10.1. The Morgan fingerprint density at radius 3 is 2.78 bits per heavy atom. The monoisotopic (exact) mass is 381 g/mol. The van der Waals surface area contributed by atoms with Gasteiger partial charge >= 0.3 is 0 Å². The zero-order chi connectivity index (χ0) is 19.2. The van der Waals surface area contributed by atoms with E-state index in [1.807, 2.05) is 29.6 Å². The van der Waals surface area contributed by atoms with E-state index in [0.717, 1.165) is 12.0 Å². The molecule has 2 heterocycles. The van der Waals surface area contributed by atoms with Crippen molar-refractivity contribution in [3.8, 4) is 0 Å². The van der Waals surface area contributed by atoms with Gasteiger partial charge in [-0.25, -0.2) is 0 Å². The average Bonchev–Trinajstić information content (AvgIpc) is 3.19. The van der Waals surface area contributed by atoms with Crippen molar-refractivity contribution in [1.82, 2.24) is 9.88 Å². The van der Waals surface area contributed by atoms with Gasteiger partial charge in [-0.1, -0.05) is 18.2 Å². The molecule has 0 saturated carbocycles. The topological polar surface area (TPSA) is 76.3 Å². The Kier molecular flexibility index (Phi) is 5.93. The Hall–Kier alpha value is -3.06. The second-order valence-corrected chi connectivity index (χ2v) is 7.21. The normalized spacial score (nSPS) is 10.6. The van der Waals surface area contributed by atoms with Crippen molar-refractivity contribution in [2.45, 2.75) is 19.9 Å². The fourth-order valence-corrected chi connectivity index (χ4v) is 3.48. The summed E-state index contributed by atoms with van der Waals surface area (Å²) in [5, 5.41) is 13.2. The molecule has 27 heavy (non-hydrogen) atoms. The van der Waals surface area contributed by atoms with Crippen molar-refractivity contribution < 1.29 is 9.72 Å². The molecule has 3 rings (SSSR count). The molecule has 0 radical (unpaired) electrons. The molecule has 0 bridgehead atoms. The van der Waals surface area contributed by atoms with Crippen LogP contribution >= 0.6 is 11.3 Å². The van der Waals surface area contributed by atoms with Crippen LogP contribution in [-0.4, -0.2) is 27.3 Å². The summed E-state index contributed by atoms with van der Waals surface area (Å²) >= 11 is 1.65. The van der Waals surface area contributed by atoms with Crippen molar-refractivity contribution in [2.24, 2.45) is 0 Å². The second-order valence-electron chi connectivity index (χ2n) is 6.18. The number of nitro groups is 1. The minimum atomic E-state index is -0.455. The first kappa shape index (κ1) is 18.7. The third-order valence-electron chi connectivity index (χ3n) is 4.24. The Labute approximate surface area is 161 Å². The number of hydrogen-bond acceptors (Lipinski definition) is 5. The average molecular weight is 381 g/mol. The van der Waals surface area contributed by atoms with Crippen molar-refractivity contribution in [3.63, 3.8) is 0 Å². The largest absolute Gasteiger partial charge is 0.334 e. The summed E-state index contributed by atoms with van der Waals surface area (Å²) in [5.41, 5.74) is 1.73. The summed E-state index contributed by atoms with van der Waals surface area (Å²) in [6.45, 7) is 2.59. The van der Waals surface area contributed by atoms with E-state index in [1.54, 1.807) is 47.7 Å². The van der Waals surface area contributed by atoms with Gasteiger partial charge in [0.15, 0.2) is 0 Å². The molecular formula is C20H19N3O3S. The summed E-state index contributed by atoms with van der Waals surface area (Å²) in [7, 11) is 0. The van der Waals surface area contributed by atoms with Crippen molar-refractivity contribution in [2.75, 3.05) is 6.54 Å². The fraction of sp³-hybridized carbons (Fsp3) is 0.200. The number of aromatic nitrogens is 1. The molecule has 138 valence electrons. The molecule has 0 fully saturated rings. The highest BCUT2D eigenvalue weighted by Gasteiger charge is 2.20. The lowest BCUT2D eigenvalue weighted by Gasteiger charge is -2.23. The Bertz CT molecular complexity index is 927. The predicted molar refractivity (Wildman–Crippen MR) is 105 cm³/mol. The summed E-state index contributed by atoms with van der Waals surface area (Å²) in [4.78, 5) is 30.8. The van der Waals surface area contributed by atoms with E-state index in [0.29, 0.717) is 24.2 Å². The summed E-state index contributed by atoms with van der Waals surface area (Å²) in [5.74, 6) is -0.224. The van der Waals surface area contributed by atoms with Crippen LogP contribution in [0.5, 0.6) is 0 Å². The van der Waals surface area contributed by atoms with E-state index in [2.05, 4.69) is 4.98 Å². The van der Waals surface area contributed by atoms with E-state index < -0.39 is 4.92 Å². The van der Waals surface area contributed by atoms with Crippen LogP contribution in [0.15, 0.2) is 60.2 Å². The number of rotatable bonds is 7. The second kappa shape index (κ2) is 8.55. The lowest BCUT2D eigenvalue weighted by molar-refractivity contribution is -0.385. The van der Waals surface area contributed by atoms with Crippen LogP contribution < -0.4 is 0 Å². The maximum absolute atomic E-state index is 13.1. The number of benzene rings is 1. The number of pyridine rings is 1. The summed E-state index contributed by atoms with van der Waals surface area (Å²) < 4.78 is 0. The molecule has 0 unspecified atom stereocenters. The molecular weight excluding hydrogens is 362 g/mol. The van der Waals surface area contributed by atoms with Crippen LogP contribution in [0, 0.1) is 17.0 Å². The molecule has 0 aliphatic heterocycles. The maximum atomic E-state index is 13.1. The number of carbonyl (C=O) groups excluding carboxylic acids is 1. The van der Waals surface area contributed by atoms with Crippen molar-refractivity contribution in [1.29, 1.82) is 0 Å². The van der Waals surface area contributed by atoms with Crippen LogP contribution in [0.1, 0.15) is 26.4 Å². The quantitative estimate of drug-likeness (QED) is 0.453. The highest BCUT2D eigenvalue weighted by atomic mass is 32.1. The lowest BCUT2D eigenvalue weighted by Crippen LogP contribution is -2.32. The standard InChI is InChI=1S/C20H19N3O3S/c1-15-6-7-17(12-19(15)23(25)26)20(24)22(10-8-18-5-3-11-27-18)14-16-4-2-9-21-13-16/h2-7,9,11-13H,8,10,14H2,1H3. The zero-order valence-electron chi connectivity index (χ0n) is 14.9. The molecule has 6 nitrogen and oxygen atoms in total. The van der Waals surface area contributed by atoms with Crippen LogP contribution in [0.3, 0.4) is 0 Å². The number of hydrogen-bond donors (Lipinski definition) is 0. The minimum Gasteiger partial charge on any atom is -0.334 e. The van der Waals surface area contributed by atoms with Gasteiger partial charge in [0.25, 0.3) is 11.6 Å². The Morgan fingerprint density at radius 2 is 2.11 bits per heavy atom. The van der Waals surface area contributed by atoms with Gasteiger partial charge in [0, 0.05) is 47.6 Å². The summed E-state index contributed by atoms with van der Waals surface area (Å²) in [6, 6.07) is 12.4. The molecule has 0 spiro atoms. The van der Waals surface area contributed by atoms with Gasteiger partial charge in [-0.15, -0.1) is 11.3 Å². The Morgan fingerprint density at radius 1 is 1.26 bits per heavy atom. The molecule has 1 amide bonds. The van der Waals surface area contributed by atoms with E-state index in [-0.39, 0.29) is 11.6 Å². The first-order valence-corrected chi connectivity index (χ1v) is 9.38. The third-order valence-corrected chi connectivity index (χ3v) is 5.18. The smallest absolute Gasteiger partial charge is 0.273 e. The highest BCUT2D eigenvalue weighted by molar-refractivity contribution is 7.09. The first-order valence-electron chi connectivity index (χ1n) is 8.50. The van der Waals surface area contributed by atoms with Gasteiger partial charge in [0.1, 0.15) is 0 Å². The van der Waals surface area contributed by atoms with Gasteiger partial charge in [0.2, 0.25) is 0 Å². The summed E-state index contributed by atoms with van der Waals surface area (Å²) in [6.07, 6.45) is 4.14. The van der Waals surface area contributed by atoms with Gasteiger partial charge in [-0.2, -0.15) is 0 Å². The highest BCUT2D eigenvalue weighted by Crippen LogP contribution is 2.21. The molecule has 2 aromatic heterocycles. The Balaban J connectivity index is 1.85. The minimum absolute atomic E-state index is 0.0413. The van der Waals surface area contributed by atoms with Crippen LogP contribution in [-0.2, 0) is 13.0 Å². The van der Waals surface area contributed by atoms with Gasteiger partial charge in [0.05, 0.1) is 4.92 Å². The van der Waals surface area contributed by atoms with E-state index >= 15 is 0 Å². The number of aryl methyl sites for hydroxylation is 1. The molecule has 0 N–H and O–H groups in total. The number of nitrogens with zero attached hydrogens (tertiary/aromatic N) is 3. The van der Waals surface area contributed by atoms with Crippen LogP contribution in [0.4, 0.5) is 5.69 Å². The first-order chi connectivity index (χ1) is 13.0. The number of thiophene rings is 1. The van der Waals surface area contributed by atoms with Gasteiger partial charge < -0.3 is 4.90 Å². The maximum Gasteiger partial charge on any atom is 0.273 e. The molecule has 0 saturated heterocycles. The number of carbonyl (C=O) groups is 1. The molecule has 0 aliphatic carbocycles. The third kappa shape index (κ3) is 4.77. The molecule has 1 aromatic carbocycles. The number of nitro benzene ring substituents is 1. The van der Waals surface area contributed by atoms with E-state index in [9.17, 15) is 14.9 Å². The van der Waals surface area contributed by atoms with Crippen molar-refractivity contribution in [3.05, 3.63) is 91.9 Å². The molecule has 0 atom stereocenters. The molecule has 0 aliphatic rings. The van der Waals surface area contributed by atoms with E-state index in [4.69, 9.17) is 0 Å². The van der Waals surface area contributed by atoms with Gasteiger partial charge in [-0.05, 0) is 42.5 Å². The van der Waals surface area contributed by atoms with Gasteiger partial charge in [-0.3, -0.25) is 19.9 Å². The molecule has 7 heteroatoms.